The number of carboxylic acid groups (broad SMARTS) is 1. The molecule has 6 nitrogen and oxygen atoms in total. The number of sulfonamides is 1. The van der Waals surface area contributed by atoms with E-state index in [1.54, 1.807) is 0 Å². The molecule has 1 heterocycles. The smallest absolute Gasteiger partial charge is 0.310 e. The number of hydrogen-bond donors (Lipinski definition) is 2. The zero-order chi connectivity index (χ0) is 15.4. The molecule has 3 N–H and O–H groups in total. The molecule has 7 heteroatoms. The van der Waals surface area contributed by atoms with E-state index < -0.39 is 21.4 Å². The topological polar surface area (TPSA) is 101 Å². The lowest BCUT2D eigenvalue weighted by molar-refractivity contribution is -0.150. The van der Waals surface area contributed by atoms with Gasteiger partial charge in [0.2, 0.25) is 10.0 Å². The molecular formula is C13H26N2O4S. The first-order valence-electron chi connectivity index (χ1n) is 7.14. The van der Waals surface area contributed by atoms with Gasteiger partial charge in [-0.25, -0.2) is 12.7 Å². The number of piperidine rings is 1. The van der Waals surface area contributed by atoms with Crippen molar-refractivity contribution in [2.75, 3.05) is 25.9 Å². The molecule has 0 aromatic rings. The second-order valence-electron chi connectivity index (χ2n) is 5.87. The molecule has 0 spiro atoms. The van der Waals surface area contributed by atoms with Gasteiger partial charge in [0.05, 0.1) is 11.7 Å². The first-order valence-corrected chi connectivity index (χ1v) is 8.98. The molecule has 0 aromatic carbocycles. The zero-order valence-corrected chi connectivity index (χ0v) is 13.2. The van der Waals surface area contributed by atoms with Crippen molar-refractivity contribution in [2.45, 2.75) is 39.0 Å². The molecule has 0 amide bonds. The van der Waals surface area contributed by atoms with E-state index in [-0.39, 0.29) is 12.5 Å². The molecule has 0 aromatic heterocycles. The number of nitrogens with zero attached hydrogens (tertiary/aromatic N) is 1. The van der Waals surface area contributed by atoms with Crippen LogP contribution in [0.5, 0.6) is 0 Å². The summed E-state index contributed by atoms with van der Waals surface area (Å²) in [5, 5.41) is 9.50. The summed E-state index contributed by atoms with van der Waals surface area (Å²) in [6.45, 7) is 2.99. The minimum absolute atomic E-state index is 0.0738. The fourth-order valence-corrected chi connectivity index (χ4v) is 4.04. The summed E-state index contributed by atoms with van der Waals surface area (Å²) in [5.41, 5.74) is 4.80. The third kappa shape index (κ3) is 4.17. The van der Waals surface area contributed by atoms with Crippen LogP contribution in [0.3, 0.4) is 0 Å². The normalized spacial score (nSPS) is 24.2. The van der Waals surface area contributed by atoms with Gasteiger partial charge in [0.25, 0.3) is 0 Å². The SMILES string of the molecule is CCCC(CN)(CC1CCCN(S(C)(=O)=O)C1)C(=O)O. The van der Waals surface area contributed by atoms with Gasteiger partial charge in [0.15, 0.2) is 0 Å². The first kappa shape index (κ1) is 17.4. The van der Waals surface area contributed by atoms with Gasteiger partial charge in [-0.3, -0.25) is 4.79 Å². The highest BCUT2D eigenvalue weighted by Crippen LogP contribution is 2.35. The maximum Gasteiger partial charge on any atom is 0.310 e. The molecule has 1 saturated heterocycles. The molecular weight excluding hydrogens is 280 g/mol. The molecule has 20 heavy (non-hydrogen) atoms. The fraction of sp³-hybridized carbons (Fsp3) is 0.923. The van der Waals surface area contributed by atoms with Gasteiger partial charge >= 0.3 is 5.97 Å². The van der Waals surface area contributed by atoms with E-state index in [0.29, 0.717) is 25.9 Å². The van der Waals surface area contributed by atoms with E-state index in [1.807, 2.05) is 6.92 Å². The van der Waals surface area contributed by atoms with Crippen molar-refractivity contribution in [1.29, 1.82) is 0 Å². The second kappa shape index (κ2) is 6.87. The van der Waals surface area contributed by atoms with Crippen LogP contribution < -0.4 is 5.73 Å². The number of carbonyl (C=O) groups is 1. The third-order valence-electron chi connectivity index (χ3n) is 4.20. The second-order valence-corrected chi connectivity index (χ2v) is 7.86. The molecule has 1 aliphatic heterocycles. The molecule has 2 unspecified atom stereocenters. The molecule has 118 valence electrons. The van der Waals surface area contributed by atoms with Gasteiger partial charge in [0, 0.05) is 19.6 Å². The number of hydrogen-bond acceptors (Lipinski definition) is 4. The molecule has 0 aliphatic carbocycles. The zero-order valence-electron chi connectivity index (χ0n) is 12.3. The molecule has 0 bridgehead atoms. The van der Waals surface area contributed by atoms with Crippen molar-refractivity contribution >= 4 is 16.0 Å². The molecule has 0 radical (unpaired) electrons. The predicted octanol–water partition coefficient (Wildman–Crippen LogP) is 0.878. The van der Waals surface area contributed by atoms with Crippen LogP contribution in [-0.4, -0.2) is 49.7 Å². The van der Waals surface area contributed by atoms with E-state index in [2.05, 4.69) is 0 Å². The lowest BCUT2D eigenvalue weighted by Gasteiger charge is -2.36. The van der Waals surface area contributed by atoms with Gasteiger partial charge < -0.3 is 10.8 Å². The van der Waals surface area contributed by atoms with Crippen molar-refractivity contribution in [1.82, 2.24) is 4.31 Å². The van der Waals surface area contributed by atoms with Crippen LogP contribution >= 0.6 is 0 Å². The quantitative estimate of drug-likeness (QED) is 0.727. The Morgan fingerprint density at radius 3 is 2.60 bits per heavy atom. The predicted molar refractivity (Wildman–Crippen MR) is 77.8 cm³/mol. The van der Waals surface area contributed by atoms with E-state index in [4.69, 9.17) is 5.73 Å². The van der Waals surface area contributed by atoms with E-state index in [9.17, 15) is 18.3 Å². The fourth-order valence-electron chi connectivity index (χ4n) is 3.09. The van der Waals surface area contributed by atoms with Crippen LogP contribution in [0.4, 0.5) is 0 Å². The van der Waals surface area contributed by atoms with Gasteiger partial charge in [-0.05, 0) is 31.6 Å². The van der Waals surface area contributed by atoms with E-state index in [0.717, 1.165) is 19.3 Å². The maximum absolute atomic E-state index is 11.6. The van der Waals surface area contributed by atoms with Crippen LogP contribution in [0.1, 0.15) is 39.0 Å². The Morgan fingerprint density at radius 1 is 1.50 bits per heavy atom. The Hall–Kier alpha value is -0.660. The van der Waals surface area contributed by atoms with E-state index in [1.165, 1.54) is 10.6 Å². The summed E-state index contributed by atoms with van der Waals surface area (Å²) in [6.07, 6.45) is 4.60. The van der Waals surface area contributed by atoms with Crippen molar-refractivity contribution in [3.8, 4) is 0 Å². The van der Waals surface area contributed by atoms with Gasteiger partial charge in [-0.15, -0.1) is 0 Å². The standard InChI is InChI=1S/C13H26N2O4S/c1-3-6-13(10-14,12(16)17)8-11-5-4-7-15(9-11)20(2,18)19/h11H,3-10,14H2,1-2H3,(H,16,17). The minimum atomic E-state index is -3.20. The highest BCUT2D eigenvalue weighted by atomic mass is 32.2. The lowest BCUT2D eigenvalue weighted by Crippen LogP contribution is -2.45. The molecule has 1 aliphatic rings. The Kier molecular flexibility index (Phi) is 5.97. The minimum Gasteiger partial charge on any atom is -0.481 e. The van der Waals surface area contributed by atoms with E-state index >= 15 is 0 Å². The highest BCUT2D eigenvalue weighted by molar-refractivity contribution is 7.88. The molecule has 2 atom stereocenters. The van der Waals surface area contributed by atoms with Crippen LogP contribution in [0.15, 0.2) is 0 Å². The number of rotatable bonds is 7. The third-order valence-corrected chi connectivity index (χ3v) is 5.47. The summed E-state index contributed by atoms with van der Waals surface area (Å²) >= 11 is 0. The Bertz CT molecular complexity index is 438. The molecule has 1 rings (SSSR count). The first-order chi connectivity index (χ1) is 9.25. The number of carboxylic acids is 1. The van der Waals surface area contributed by atoms with Crippen LogP contribution in [0, 0.1) is 11.3 Å². The molecule has 1 fully saturated rings. The summed E-state index contributed by atoms with van der Waals surface area (Å²) in [6, 6.07) is 0. The van der Waals surface area contributed by atoms with Crippen LogP contribution in [-0.2, 0) is 14.8 Å². The maximum atomic E-state index is 11.6. The Balaban J connectivity index is 2.81. The summed E-state index contributed by atoms with van der Waals surface area (Å²) < 4.78 is 24.7. The Morgan fingerprint density at radius 2 is 2.15 bits per heavy atom. The van der Waals surface area contributed by atoms with Gasteiger partial charge in [-0.1, -0.05) is 13.3 Å². The van der Waals surface area contributed by atoms with Crippen LogP contribution in [0.2, 0.25) is 0 Å². The average molecular weight is 306 g/mol. The van der Waals surface area contributed by atoms with Crippen molar-refractivity contribution in [3.05, 3.63) is 0 Å². The van der Waals surface area contributed by atoms with Crippen molar-refractivity contribution in [2.24, 2.45) is 17.1 Å². The summed E-state index contributed by atoms with van der Waals surface area (Å²) in [4.78, 5) is 11.6. The summed E-state index contributed by atoms with van der Waals surface area (Å²) in [7, 11) is -3.20. The Labute approximate surface area is 121 Å². The van der Waals surface area contributed by atoms with Crippen molar-refractivity contribution in [3.63, 3.8) is 0 Å². The van der Waals surface area contributed by atoms with Gasteiger partial charge in [0.1, 0.15) is 0 Å². The monoisotopic (exact) mass is 306 g/mol. The van der Waals surface area contributed by atoms with Crippen molar-refractivity contribution < 1.29 is 18.3 Å². The van der Waals surface area contributed by atoms with Crippen LogP contribution in [0.25, 0.3) is 0 Å². The number of aliphatic carboxylic acids is 1. The average Bonchev–Trinajstić information content (AvgIpc) is 2.37. The lowest BCUT2D eigenvalue weighted by atomic mass is 9.74. The largest absolute Gasteiger partial charge is 0.481 e. The van der Waals surface area contributed by atoms with Gasteiger partial charge in [-0.2, -0.15) is 0 Å². The molecule has 0 saturated carbocycles. The highest BCUT2D eigenvalue weighted by Gasteiger charge is 2.40. The summed E-state index contributed by atoms with van der Waals surface area (Å²) in [5.74, 6) is -0.789. The number of nitrogens with two attached hydrogens (primary N) is 1.